The predicted octanol–water partition coefficient (Wildman–Crippen LogP) is 10.6. The highest BCUT2D eigenvalue weighted by atomic mass is 16.6. The molecule has 298 valence electrons. The maximum Gasteiger partial charge on any atom is 0.362 e. The molecular formula is C44H76NO7+. The minimum Gasteiger partial charge on any atom is -0.477 e. The number of hydrogen-bond donors (Lipinski definition) is 1. The van der Waals surface area contributed by atoms with Crippen LogP contribution in [0.2, 0.25) is 0 Å². The highest BCUT2D eigenvalue weighted by Crippen LogP contribution is 2.12. The summed E-state index contributed by atoms with van der Waals surface area (Å²) in [6.07, 6.45) is 41.4. The number of carboxylic acids is 1. The third kappa shape index (κ3) is 32.9. The number of quaternary nitrogens is 1. The first-order valence-corrected chi connectivity index (χ1v) is 20.3. The van der Waals surface area contributed by atoms with Gasteiger partial charge in [0.05, 0.1) is 34.4 Å². The highest BCUT2D eigenvalue weighted by molar-refractivity contribution is 5.72. The van der Waals surface area contributed by atoms with Crippen molar-refractivity contribution in [3.05, 3.63) is 60.8 Å². The molecule has 0 aromatic rings. The fourth-order valence-corrected chi connectivity index (χ4v) is 5.46. The number of nitrogens with zero attached hydrogens (tertiary/aromatic N) is 1. The SMILES string of the molecule is CCCCC/C=C/C/C=C/C/C=C/C/C=C/C/C=C/CCCCC(=O)OC(COCCC(C(=O)O)[N+](C)(C)C)COC(=O)CCCCCCCCC. The molecule has 8 heteroatoms. The van der Waals surface area contributed by atoms with Crippen LogP contribution in [0.3, 0.4) is 0 Å². The van der Waals surface area contributed by atoms with E-state index in [1.54, 1.807) is 0 Å². The number of ether oxygens (including phenoxy) is 3. The fraction of sp³-hybridized carbons (Fsp3) is 0.705. The smallest absolute Gasteiger partial charge is 0.362 e. The van der Waals surface area contributed by atoms with E-state index in [1.807, 2.05) is 21.1 Å². The van der Waals surface area contributed by atoms with Crippen LogP contribution in [0, 0.1) is 0 Å². The quantitative estimate of drug-likeness (QED) is 0.0300. The maximum absolute atomic E-state index is 12.6. The van der Waals surface area contributed by atoms with E-state index < -0.39 is 18.1 Å². The van der Waals surface area contributed by atoms with Gasteiger partial charge in [0.1, 0.15) is 6.61 Å². The lowest BCUT2D eigenvalue weighted by Crippen LogP contribution is -2.50. The Morgan fingerprint density at radius 2 is 1.02 bits per heavy atom. The van der Waals surface area contributed by atoms with Crippen LogP contribution in [0.25, 0.3) is 0 Å². The van der Waals surface area contributed by atoms with Crippen LogP contribution in [0.5, 0.6) is 0 Å². The molecule has 2 atom stereocenters. The van der Waals surface area contributed by atoms with E-state index in [0.29, 0.717) is 19.3 Å². The van der Waals surface area contributed by atoms with Crippen molar-refractivity contribution in [1.82, 2.24) is 0 Å². The van der Waals surface area contributed by atoms with Crippen LogP contribution < -0.4 is 0 Å². The van der Waals surface area contributed by atoms with Crippen LogP contribution >= 0.6 is 0 Å². The van der Waals surface area contributed by atoms with Crippen molar-refractivity contribution in [3.63, 3.8) is 0 Å². The number of carboxylic acid groups (broad SMARTS) is 1. The molecule has 0 spiro atoms. The van der Waals surface area contributed by atoms with Gasteiger partial charge in [0.2, 0.25) is 0 Å². The van der Waals surface area contributed by atoms with Gasteiger partial charge in [-0.05, 0) is 64.2 Å². The molecule has 0 heterocycles. The summed E-state index contributed by atoms with van der Waals surface area (Å²) in [6, 6.07) is -0.622. The summed E-state index contributed by atoms with van der Waals surface area (Å²) in [7, 11) is 5.49. The molecule has 0 aromatic heterocycles. The first kappa shape index (κ1) is 49.0. The summed E-state index contributed by atoms with van der Waals surface area (Å²) in [4.78, 5) is 36.7. The predicted molar refractivity (Wildman–Crippen MR) is 215 cm³/mol. The Hall–Kier alpha value is -2.97. The van der Waals surface area contributed by atoms with Gasteiger partial charge in [0.25, 0.3) is 0 Å². The molecule has 0 bridgehead atoms. The Bertz CT molecular complexity index is 1040. The molecular weight excluding hydrogens is 654 g/mol. The van der Waals surface area contributed by atoms with Gasteiger partial charge in [0.15, 0.2) is 12.1 Å². The van der Waals surface area contributed by atoms with E-state index in [0.717, 1.165) is 57.8 Å². The van der Waals surface area contributed by atoms with E-state index in [2.05, 4.69) is 74.6 Å². The minimum absolute atomic E-state index is 0.0418. The van der Waals surface area contributed by atoms with E-state index in [-0.39, 0.29) is 42.7 Å². The van der Waals surface area contributed by atoms with Crippen molar-refractivity contribution in [1.29, 1.82) is 0 Å². The number of rotatable bonds is 35. The molecule has 1 N–H and O–H groups in total. The Kier molecular flexibility index (Phi) is 33.1. The highest BCUT2D eigenvalue weighted by Gasteiger charge is 2.31. The van der Waals surface area contributed by atoms with E-state index in [4.69, 9.17) is 14.2 Å². The molecule has 2 unspecified atom stereocenters. The molecule has 8 nitrogen and oxygen atoms in total. The second-order valence-corrected chi connectivity index (χ2v) is 14.5. The molecule has 0 amide bonds. The molecule has 0 rings (SSSR count). The third-order valence-electron chi connectivity index (χ3n) is 8.67. The summed E-state index contributed by atoms with van der Waals surface area (Å²) >= 11 is 0. The molecule has 0 saturated carbocycles. The number of likely N-dealkylation sites (N-methyl/N-ethyl adjacent to an activating group) is 1. The van der Waals surface area contributed by atoms with Gasteiger partial charge in [-0.3, -0.25) is 9.59 Å². The Morgan fingerprint density at radius 1 is 0.577 bits per heavy atom. The standard InChI is InChI=1S/C44H75NO7/c1-6-8-10-12-14-15-16-17-18-19-20-21-22-23-24-25-26-27-29-31-33-35-43(47)52-40(38-50-37-36-41(44(48)49)45(3,4)5)39-51-42(46)34-32-30-28-13-11-9-7-2/h14-15,17-18,20-21,23-24,26-27,40-41H,6-13,16,19,22,25,28-39H2,1-5H3/p+1/b15-14+,18-17+,21-20+,24-23+,27-26+. The topological polar surface area (TPSA) is 99.1 Å². The molecule has 0 fully saturated rings. The molecule has 0 radical (unpaired) electrons. The molecule has 0 saturated heterocycles. The van der Waals surface area contributed by atoms with E-state index >= 15 is 0 Å². The van der Waals surface area contributed by atoms with Crippen LogP contribution in [0.4, 0.5) is 0 Å². The second-order valence-electron chi connectivity index (χ2n) is 14.5. The van der Waals surface area contributed by atoms with Crippen molar-refractivity contribution in [3.8, 4) is 0 Å². The molecule has 0 aliphatic rings. The summed E-state index contributed by atoms with van der Waals surface area (Å²) in [6.45, 7) is 4.59. The van der Waals surface area contributed by atoms with Crippen molar-refractivity contribution < 1.29 is 38.2 Å². The average Bonchev–Trinajstić information content (AvgIpc) is 3.09. The Balaban J connectivity index is 4.40. The monoisotopic (exact) mass is 731 g/mol. The fourth-order valence-electron chi connectivity index (χ4n) is 5.46. The number of carbonyl (C=O) groups is 3. The van der Waals surface area contributed by atoms with Crippen LogP contribution in [-0.4, -0.2) is 80.6 Å². The van der Waals surface area contributed by atoms with Gasteiger partial charge in [-0.25, -0.2) is 4.79 Å². The number of allylic oxidation sites excluding steroid dienone is 10. The lowest BCUT2D eigenvalue weighted by atomic mass is 10.1. The summed E-state index contributed by atoms with van der Waals surface area (Å²) in [5, 5.41) is 9.57. The first-order chi connectivity index (χ1) is 25.1. The number of unbranched alkanes of at least 4 members (excludes halogenated alkanes) is 11. The van der Waals surface area contributed by atoms with Crippen molar-refractivity contribution >= 4 is 17.9 Å². The first-order valence-electron chi connectivity index (χ1n) is 20.3. The Morgan fingerprint density at radius 3 is 1.54 bits per heavy atom. The van der Waals surface area contributed by atoms with Gasteiger partial charge in [-0.1, -0.05) is 126 Å². The van der Waals surface area contributed by atoms with Crippen molar-refractivity contribution in [2.75, 3.05) is 41.0 Å². The van der Waals surface area contributed by atoms with Crippen molar-refractivity contribution in [2.45, 2.75) is 161 Å². The lowest BCUT2D eigenvalue weighted by molar-refractivity contribution is -0.887. The molecule has 0 aliphatic carbocycles. The zero-order valence-electron chi connectivity index (χ0n) is 33.7. The number of esters is 2. The van der Waals surface area contributed by atoms with Crippen LogP contribution in [-0.2, 0) is 28.6 Å². The van der Waals surface area contributed by atoms with E-state index in [9.17, 15) is 19.5 Å². The summed E-state index contributed by atoms with van der Waals surface area (Å²) in [5.74, 6) is -1.54. The molecule has 0 aromatic carbocycles. The average molecular weight is 731 g/mol. The van der Waals surface area contributed by atoms with Gasteiger partial charge in [-0.2, -0.15) is 0 Å². The largest absolute Gasteiger partial charge is 0.477 e. The number of aliphatic carboxylic acids is 1. The van der Waals surface area contributed by atoms with E-state index in [1.165, 1.54) is 51.4 Å². The number of carbonyl (C=O) groups excluding carboxylic acids is 2. The van der Waals surface area contributed by atoms with Gasteiger partial charge in [-0.15, -0.1) is 0 Å². The van der Waals surface area contributed by atoms with Crippen molar-refractivity contribution in [2.24, 2.45) is 0 Å². The second kappa shape index (κ2) is 35.1. The normalized spacial score (nSPS) is 13.6. The van der Waals surface area contributed by atoms with Crippen LogP contribution in [0.15, 0.2) is 60.8 Å². The van der Waals surface area contributed by atoms with Gasteiger partial charge < -0.3 is 23.8 Å². The summed E-state index contributed by atoms with van der Waals surface area (Å²) < 4.78 is 17.1. The minimum atomic E-state index is -0.886. The Labute approximate surface area is 318 Å². The summed E-state index contributed by atoms with van der Waals surface area (Å²) in [5.41, 5.74) is 0. The van der Waals surface area contributed by atoms with Gasteiger partial charge >= 0.3 is 17.9 Å². The lowest BCUT2D eigenvalue weighted by Gasteiger charge is -2.31. The third-order valence-corrected chi connectivity index (χ3v) is 8.67. The molecule has 0 aliphatic heterocycles. The van der Waals surface area contributed by atoms with Gasteiger partial charge in [0, 0.05) is 19.3 Å². The zero-order chi connectivity index (χ0) is 38.5. The maximum atomic E-state index is 12.6. The molecule has 52 heavy (non-hydrogen) atoms. The number of hydrogen-bond acceptors (Lipinski definition) is 6. The van der Waals surface area contributed by atoms with Crippen LogP contribution in [0.1, 0.15) is 149 Å². The zero-order valence-corrected chi connectivity index (χ0v) is 33.7.